The summed E-state index contributed by atoms with van der Waals surface area (Å²) < 4.78 is 16.1. The van der Waals surface area contributed by atoms with Crippen molar-refractivity contribution < 1.29 is 19.0 Å². The van der Waals surface area contributed by atoms with Crippen LogP contribution in [0, 0.1) is 0 Å². The zero-order chi connectivity index (χ0) is 17.1. The topological polar surface area (TPSA) is 94.6 Å². The number of nitrogens with one attached hydrogen (secondary N) is 2. The number of nitrogens with zero attached hydrogens (tertiary/aromatic N) is 2. The molecular formula is C17H18N4O4. The van der Waals surface area contributed by atoms with Gasteiger partial charge in [-0.2, -0.15) is 0 Å². The third kappa shape index (κ3) is 3.63. The van der Waals surface area contributed by atoms with Crippen LogP contribution in [0.5, 0.6) is 11.5 Å². The largest absolute Gasteiger partial charge is 0.454 e. The molecule has 0 aliphatic carbocycles. The lowest BCUT2D eigenvalue weighted by Crippen LogP contribution is -2.21. The Kier molecular flexibility index (Phi) is 4.34. The van der Waals surface area contributed by atoms with Crippen LogP contribution in [0.25, 0.3) is 0 Å². The Bertz CT molecular complexity index is 777. The van der Waals surface area contributed by atoms with Gasteiger partial charge in [0.15, 0.2) is 11.5 Å². The molecule has 3 heterocycles. The van der Waals surface area contributed by atoms with Gasteiger partial charge in [0, 0.05) is 31.1 Å². The molecule has 1 aromatic heterocycles. The molecule has 0 saturated carbocycles. The number of amides is 1. The lowest BCUT2D eigenvalue weighted by atomic mass is 10.2. The number of carbonyl (C=O) groups is 1. The van der Waals surface area contributed by atoms with Crippen molar-refractivity contribution in [1.82, 2.24) is 9.97 Å². The van der Waals surface area contributed by atoms with Crippen molar-refractivity contribution in [2.24, 2.45) is 0 Å². The highest BCUT2D eigenvalue weighted by molar-refractivity contribution is 6.03. The van der Waals surface area contributed by atoms with Crippen LogP contribution < -0.4 is 20.1 Å². The van der Waals surface area contributed by atoms with Crippen molar-refractivity contribution in [2.75, 3.05) is 30.6 Å². The van der Waals surface area contributed by atoms with Crippen LogP contribution in [0.3, 0.4) is 0 Å². The first kappa shape index (κ1) is 15.6. The van der Waals surface area contributed by atoms with Gasteiger partial charge in [0.1, 0.15) is 5.69 Å². The van der Waals surface area contributed by atoms with E-state index in [1.165, 1.54) is 0 Å². The monoisotopic (exact) mass is 342 g/mol. The van der Waals surface area contributed by atoms with Crippen molar-refractivity contribution in [2.45, 2.75) is 18.9 Å². The molecule has 8 heteroatoms. The summed E-state index contributed by atoms with van der Waals surface area (Å²) in [5.41, 5.74) is 0.893. The van der Waals surface area contributed by atoms with Gasteiger partial charge in [-0.05, 0) is 31.0 Å². The molecule has 2 aromatic rings. The van der Waals surface area contributed by atoms with Gasteiger partial charge in [-0.3, -0.25) is 4.79 Å². The minimum Gasteiger partial charge on any atom is -0.454 e. The lowest BCUT2D eigenvalue weighted by Gasteiger charge is -2.11. The molecule has 4 rings (SSSR count). The van der Waals surface area contributed by atoms with E-state index in [0.717, 1.165) is 19.4 Å². The molecule has 2 aliphatic heterocycles. The molecule has 1 fully saturated rings. The maximum absolute atomic E-state index is 12.4. The summed E-state index contributed by atoms with van der Waals surface area (Å²) >= 11 is 0. The number of ether oxygens (including phenoxy) is 3. The molecule has 25 heavy (non-hydrogen) atoms. The molecule has 0 radical (unpaired) electrons. The predicted molar refractivity (Wildman–Crippen MR) is 90.0 cm³/mol. The third-order valence-electron chi connectivity index (χ3n) is 4.03. The van der Waals surface area contributed by atoms with Gasteiger partial charge < -0.3 is 24.8 Å². The number of fused-ring (bicyclic) bond motifs is 1. The third-order valence-corrected chi connectivity index (χ3v) is 4.03. The quantitative estimate of drug-likeness (QED) is 0.858. The summed E-state index contributed by atoms with van der Waals surface area (Å²) in [7, 11) is 0. The second-order valence-electron chi connectivity index (χ2n) is 5.80. The van der Waals surface area contributed by atoms with Crippen LogP contribution in [-0.4, -0.2) is 41.9 Å². The van der Waals surface area contributed by atoms with E-state index in [-0.39, 0.29) is 24.5 Å². The average Bonchev–Trinajstić information content (AvgIpc) is 3.31. The number of benzene rings is 1. The van der Waals surface area contributed by atoms with E-state index in [9.17, 15) is 4.79 Å². The number of anilines is 2. The normalized spacial score (nSPS) is 18.2. The number of hydrogen-bond acceptors (Lipinski definition) is 7. The van der Waals surface area contributed by atoms with Crippen LogP contribution in [0.4, 0.5) is 11.6 Å². The van der Waals surface area contributed by atoms with Gasteiger partial charge in [0.2, 0.25) is 12.7 Å². The van der Waals surface area contributed by atoms with Gasteiger partial charge >= 0.3 is 0 Å². The Hall–Kier alpha value is -2.87. The van der Waals surface area contributed by atoms with Crippen LogP contribution in [0.2, 0.25) is 0 Å². The Morgan fingerprint density at radius 1 is 1.24 bits per heavy atom. The van der Waals surface area contributed by atoms with E-state index in [2.05, 4.69) is 20.6 Å². The second kappa shape index (κ2) is 6.94. The molecule has 1 saturated heterocycles. The van der Waals surface area contributed by atoms with Gasteiger partial charge in [-0.1, -0.05) is 0 Å². The highest BCUT2D eigenvalue weighted by Crippen LogP contribution is 2.34. The molecule has 2 aliphatic rings. The Morgan fingerprint density at radius 3 is 3.04 bits per heavy atom. The van der Waals surface area contributed by atoms with E-state index >= 15 is 0 Å². The average molecular weight is 342 g/mol. The first-order valence-electron chi connectivity index (χ1n) is 8.17. The van der Waals surface area contributed by atoms with Gasteiger partial charge in [-0.25, -0.2) is 9.97 Å². The van der Waals surface area contributed by atoms with Gasteiger partial charge in [0.25, 0.3) is 5.91 Å². The number of carbonyl (C=O) groups excluding carboxylic acids is 1. The fourth-order valence-electron chi connectivity index (χ4n) is 2.75. The van der Waals surface area contributed by atoms with E-state index in [1.807, 2.05) is 0 Å². The molecule has 8 nitrogen and oxygen atoms in total. The fourth-order valence-corrected chi connectivity index (χ4v) is 2.75. The molecule has 1 aromatic carbocycles. The van der Waals surface area contributed by atoms with E-state index in [1.54, 1.807) is 30.5 Å². The summed E-state index contributed by atoms with van der Waals surface area (Å²) in [6, 6.07) is 6.80. The van der Waals surface area contributed by atoms with Crippen molar-refractivity contribution >= 4 is 17.5 Å². The summed E-state index contributed by atoms with van der Waals surface area (Å²) in [6.07, 6.45) is 3.83. The van der Waals surface area contributed by atoms with Crippen molar-refractivity contribution in [3.63, 3.8) is 0 Å². The van der Waals surface area contributed by atoms with Crippen LogP contribution in [0.1, 0.15) is 23.3 Å². The van der Waals surface area contributed by atoms with E-state index in [0.29, 0.717) is 29.7 Å². The first-order chi connectivity index (χ1) is 12.3. The Morgan fingerprint density at radius 2 is 2.16 bits per heavy atom. The molecule has 0 bridgehead atoms. The van der Waals surface area contributed by atoms with E-state index in [4.69, 9.17) is 14.2 Å². The predicted octanol–water partition coefficient (Wildman–Crippen LogP) is 2.05. The summed E-state index contributed by atoms with van der Waals surface area (Å²) in [4.78, 5) is 20.8. The maximum Gasteiger partial charge on any atom is 0.274 e. The van der Waals surface area contributed by atoms with Crippen LogP contribution >= 0.6 is 0 Å². The molecule has 1 atom stereocenters. The molecule has 1 amide bonds. The summed E-state index contributed by atoms with van der Waals surface area (Å²) in [5.74, 6) is 1.37. The molecule has 0 spiro atoms. The van der Waals surface area contributed by atoms with Crippen molar-refractivity contribution in [1.29, 1.82) is 0 Å². The first-order valence-corrected chi connectivity index (χ1v) is 8.17. The fraction of sp³-hybridized carbons (Fsp3) is 0.353. The minimum absolute atomic E-state index is 0.176. The van der Waals surface area contributed by atoms with Gasteiger partial charge in [0.05, 0.1) is 6.10 Å². The Labute approximate surface area is 144 Å². The SMILES string of the molecule is O=C(Nc1ccc2c(c1)OCO2)c1ccnc(NCC2CCCO2)n1. The summed E-state index contributed by atoms with van der Waals surface area (Å²) in [5, 5.41) is 5.91. The van der Waals surface area contributed by atoms with E-state index < -0.39 is 0 Å². The minimum atomic E-state index is -0.318. The molecule has 1 unspecified atom stereocenters. The van der Waals surface area contributed by atoms with Crippen LogP contribution in [-0.2, 0) is 4.74 Å². The van der Waals surface area contributed by atoms with Crippen molar-refractivity contribution in [3.8, 4) is 11.5 Å². The van der Waals surface area contributed by atoms with Crippen molar-refractivity contribution in [3.05, 3.63) is 36.2 Å². The standard InChI is InChI=1S/C17H18N4O4/c22-16(20-11-3-4-14-15(8-11)25-10-24-14)13-5-6-18-17(21-13)19-9-12-2-1-7-23-12/h3-6,8,12H,1-2,7,9-10H2,(H,20,22)(H,18,19,21). The zero-order valence-corrected chi connectivity index (χ0v) is 13.5. The highest BCUT2D eigenvalue weighted by Gasteiger charge is 2.17. The number of hydrogen-bond donors (Lipinski definition) is 2. The zero-order valence-electron chi connectivity index (χ0n) is 13.5. The smallest absolute Gasteiger partial charge is 0.274 e. The van der Waals surface area contributed by atoms with Crippen LogP contribution in [0.15, 0.2) is 30.5 Å². The maximum atomic E-state index is 12.4. The van der Waals surface area contributed by atoms with Gasteiger partial charge in [-0.15, -0.1) is 0 Å². The molecule has 130 valence electrons. The number of rotatable bonds is 5. The highest BCUT2D eigenvalue weighted by atomic mass is 16.7. The second-order valence-corrected chi connectivity index (χ2v) is 5.80. The lowest BCUT2D eigenvalue weighted by molar-refractivity contribution is 0.102. The summed E-state index contributed by atoms with van der Waals surface area (Å²) in [6.45, 7) is 1.62. The molecular weight excluding hydrogens is 324 g/mol. The number of aromatic nitrogens is 2. The molecule has 2 N–H and O–H groups in total. The Balaban J connectivity index is 1.40.